The lowest BCUT2D eigenvalue weighted by atomic mass is 10.2. The van der Waals surface area contributed by atoms with Gasteiger partial charge in [-0.15, -0.1) is 0 Å². The number of hydrogen-bond acceptors (Lipinski definition) is 4. The third-order valence-electron chi connectivity index (χ3n) is 2.37. The van der Waals surface area contributed by atoms with Crippen molar-refractivity contribution in [1.29, 1.82) is 0 Å². The molecule has 3 N–H and O–H groups in total. The number of aromatic carboxylic acids is 1. The summed E-state index contributed by atoms with van der Waals surface area (Å²) in [6.45, 7) is 1.74. The zero-order chi connectivity index (χ0) is 13.7. The SMILES string of the molecule is CCC(Oc1cc(C(=O)O)ccc1OC)C(N)=O. The van der Waals surface area contributed by atoms with Crippen LogP contribution in [0.4, 0.5) is 0 Å². The normalized spacial score (nSPS) is 11.7. The molecule has 0 radical (unpaired) electrons. The molecule has 1 atom stereocenters. The number of carboxylic acids is 1. The Bertz CT molecular complexity index is 458. The highest BCUT2D eigenvalue weighted by atomic mass is 16.5. The number of primary amides is 1. The third-order valence-corrected chi connectivity index (χ3v) is 2.37. The van der Waals surface area contributed by atoms with E-state index in [9.17, 15) is 9.59 Å². The van der Waals surface area contributed by atoms with E-state index in [0.29, 0.717) is 12.2 Å². The van der Waals surface area contributed by atoms with E-state index in [1.165, 1.54) is 25.3 Å². The molecule has 0 aliphatic rings. The average Bonchev–Trinajstić information content (AvgIpc) is 2.35. The van der Waals surface area contributed by atoms with E-state index in [1.54, 1.807) is 6.92 Å². The number of hydrogen-bond donors (Lipinski definition) is 2. The number of ether oxygens (including phenoxy) is 2. The number of rotatable bonds is 6. The number of carbonyl (C=O) groups is 2. The topological polar surface area (TPSA) is 98.8 Å². The zero-order valence-electron chi connectivity index (χ0n) is 10.2. The predicted molar refractivity (Wildman–Crippen MR) is 63.9 cm³/mol. The fraction of sp³-hybridized carbons (Fsp3) is 0.333. The Morgan fingerprint density at radius 1 is 1.39 bits per heavy atom. The van der Waals surface area contributed by atoms with Gasteiger partial charge in [0.25, 0.3) is 5.91 Å². The Balaban J connectivity index is 3.07. The van der Waals surface area contributed by atoms with Crippen LogP contribution in [0.25, 0.3) is 0 Å². The first kappa shape index (κ1) is 13.8. The van der Waals surface area contributed by atoms with Crippen LogP contribution in [0.5, 0.6) is 11.5 Å². The first-order chi connectivity index (χ1) is 8.49. The number of benzene rings is 1. The van der Waals surface area contributed by atoms with Crippen LogP contribution in [0, 0.1) is 0 Å². The first-order valence-electron chi connectivity index (χ1n) is 5.36. The van der Waals surface area contributed by atoms with Gasteiger partial charge in [0.15, 0.2) is 17.6 Å². The molecular formula is C12H15NO5. The summed E-state index contributed by atoms with van der Waals surface area (Å²) in [6.07, 6.45) is -0.432. The summed E-state index contributed by atoms with van der Waals surface area (Å²) in [5, 5.41) is 8.89. The molecular weight excluding hydrogens is 238 g/mol. The van der Waals surface area contributed by atoms with Crippen molar-refractivity contribution in [2.45, 2.75) is 19.4 Å². The van der Waals surface area contributed by atoms with Crippen molar-refractivity contribution in [3.8, 4) is 11.5 Å². The summed E-state index contributed by atoms with van der Waals surface area (Å²) in [4.78, 5) is 21.9. The van der Waals surface area contributed by atoms with Crippen molar-refractivity contribution in [2.24, 2.45) is 5.73 Å². The van der Waals surface area contributed by atoms with E-state index >= 15 is 0 Å². The minimum Gasteiger partial charge on any atom is -0.493 e. The van der Waals surface area contributed by atoms with Gasteiger partial charge in [-0.25, -0.2) is 4.79 Å². The Morgan fingerprint density at radius 2 is 2.06 bits per heavy atom. The average molecular weight is 253 g/mol. The highest BCUT2D eigenvalue weighted by Gasteiger charge is 2.18. The number of methoxy groups -OCH3 is 1. The summed E-state index contributed by atoms with van der Waals surface area (Å²) >= 11 is 0. The van der Waals surface area contributed by atoms with E-state index in [2.05, 4.69) is 0 Å². The first-order valence-corrected chi connectivity index (χ1v) is 5.36. The van der Waals surface area contributed by atoms with Gasteiger partial charge in [-0.1, -0.05) is 6.92 Å². The molecule has 1 amide bonds. The van der Waals surface area contributed by atoms with Gasteiger partial charge in [0.05, 0.1) is 12.7 Å². The van der Waals surface area contributed by atoms with Gasteiger partial charge in [0.2, 0.25) is 0 Å². The molecule has 0 spiro atoms. The standard InChI is InChI=1S/C12H15NO5/c1-3-8(11(13)14)18-10-6-7(12(15)16)4-5-9(10)17-2/h4-6,8H,3H2,1-2H3,(H2,13,14)(H,15,16). The van der Waals surface area contributed by atoms with Crippen molar-refractivity contribution >= 4 is 11.9 Å². The number of nitrogens with two attached hydrogens (primary N) is 1. The summed E-state index contributed by atoms with van der Waals surface area (Å²) < 4.78 is 10.4. The molecule has 0 saturated carbocycles. The molecule has 6 heteroatoms. The smallest absolute Gasteiger partial charge is 0.335 e. The quantitative estimate of drug-likeness (QED) is 0.789. The lowest BCUT2D eigenvalue weighted by molar-refractivity contribution is -0.124. The van der Waals surface area contributed by atoms with Crippen molar-refractivity contribution in [1.82, 2.24) is 0 Å². The largest absolute Gasteiger partial charge is 0.493 e. The van der Waals surface area contributed by atoms with Crippen LogP contribution in [0.15, 0.2) is 18.2 Å². The lowest BCUT2D eigenvalue weighted by Crippen LogP contribution is -2.33. The van der Waals surface area contributed by atoms with Crippen LogP contribution >= 0.6 is 0 Å². The maximum Gasteiger partial charge on any atom is 0.335 e. The predicted octanol–water partition coefficient (Wildman–Crippen LogP) is 1.04. The van der Waals surface area contributed by atoms with Crippen LogP contribution in [0.1, 0.15) is 23.7 Å². The molecule has 0 bridgehead atoms. The van der Waals surface area contributed by atoms with Crippen molar-refractivity contribution in [3.63, 3.8) is 0 Å². The van der Waals surface area contributed by atoms with E-state index in [-0.39, 0.29) is 11.3 Å². The molecule has 98 valence electrons. The Hall–Kier alpha value is -2.24. The number of carboxylic acid groups (broad SMARTS) is 1. The second-order valence-electron chi connectivity index (χ2n) is 3.59. The van der Waals surface area contributed by atoms with Crippen molar-refractivity contribution in [3.05, 3.63) is 23.8 Å². The molecule has 0 aromatic heterocycles. The Labute approximate surface area is 104 Å². The zero-order valence-corrected chi connectivity index (χ0v) is 10.2. The molecule has 1 rings (SSSR count). The van der Waals surface area contributed by atoms with E-state index in [4.69, 9.17) is 20.3 Å². The minimum absolute atomic E-state index is 0.0464. The van der Waals surface area contributed by atoms with E-state index in [1.807, 2.05) is 0 Å². The number of carbonyl (C=O) groups excluding carboxylic acids is 1. The molecule has 0 fully saturated rings. The van der Waals surface area contributed by atoms with Crippen LogP contribution in [0.3, 0.4) is 0 Å². The highest BCUT2D eigenvalue weighted by molar-refractivity contribution is 5.88. The maximum atomic E-state index is 11.1. The van der Waals surface area contributed by atoms with Crippen LogP contribution in [-0.2, 0) is 4.79 Å². The molecule has 0 saturated heterocycles. The molecule has 18 heavy (non-hydrogen) atoms. The van der Waals surface area contributed by atoms with Gasteiger partial charge in [-0.2, -0.15) is 0 Å². The lowest BCUT2D eigenvalue weighted by Gasteiger charge is -2.16. The monoisotopic (exact) mass is 253 g/mol. The van der Waals surface area contributed by atoms with Gasteiger partial charge in [-0.05, 0) is 24.6 Å². The van der Waals surface area contributed by atoms with Crippen molar-refractivity contribution < 1.29 is 24.2 Å². The number of amides is 1. The minimum atomic E-state index is -1.09. The van der Waals surface area contributed by atoms with Crippen LogP contribution < -0.4 is 15.2 Å². The van der Waals surface area contributed by atoms with Crippen LogP contribution in [0.2, 0.25) is 0 Å². The van der Waals surface area contributed by atoms with Gasteiger partial charge >= 0.3 is 5.97 Å². The molecule has 1 aromatic carbocycles. The molecule has 0 aliphatic carbocycles. The van der Waals surface area contributed by atoms with Crippen LogP contribution in [-0.4, -0.2) is 30.2 Å². The van der Waals surface area contributed by atoms with Gasteiger partial charge in [0, 0.05) is 0 Å². The third kappa shape index (κ3) is 3.13. The molecule has 1 aromatic rings. The fourth-order valence-electron chi connectivity index (χ4n) is 1.40. The van der Waals surface area contributed by atoms with Gasteiger partial charge in [0.1, 0.15) is 0 Å². The molecule has 0 heterocycles. The maximum absolute atomic E-state index is 11.1. The summed E-state index contributed by atoms with van der Waals surface area (Å²) in [5.74, 6) is -1.17. The Kier molecular flexibility index (Phi) is 4.53. The fourth-order valence-corrected chi connectivity index (χ4v) is 1.40. The summed E-state index contributed by atoms with van der Waals surface area (Å²) in [6, 6.07) is 4.15. The summed E-state index contributed by atoms with van der Waals surface area (Å²) in [7, 11) is 1.42. The molecule has 6 nitrogen and oxygen atoms in total. The highest BCUT2D eigenvalue weighted by Crippen LogP contribution is 2.29. The second kappa shape index (κ2) is 5.90. The Morgan fingerprint density at radius 3 is 2.50 bits per heavy atom. The van der Waals surface area contributed by atoms with Gasteiger partial charge in [-0.3, -0.25) is 4.79 Å². The van der Waals surface area contributed by atoms with Crippen molar-refractivity contribution in [2.75, 3.05) is 7.11 Å². The van der Waals surface area contributed by atoms with Gasteiger partial charge < -0.3 is 20.3 Å². The van der Waals surface area contributed by atoms with E-state index < -0.39 is 18.0 Å². The van der Waals surface area contributed by atoms with E-state index in [0.717, 1.165) is 0 Å². The second-order valence-corrected chi connectivity index (χ2v) is 3.59. The summed E-state index contributed by atoms with van der Waals surface area (Å²) in [5.41, 5.74) is 5.21. The molecule has 0 aliphatic heterocycles. The molecule has 1 unspecified atom stereocenters.